The van der Waals surface area contributed by atoms with Crippen molar-refractivity contribution in [2.24, 2.45) is 10.6 Å². The first-order valence-corrected chi connectivity index (χ1v) is 12.2. The smallest absolute Gasteiger partial charge is 0.316 e. The molecular formula is C21H20N6O6S2. The van der Waals surface area contributed by atoms with E-state index in [4.69, 9.17) is 4.84 Å². The highest BCUT2D eigenvalue weighted by molar-refractivity contribution is 8.00. The number of nitrogens with zero attached hydrogens (tertiary/aromatic N) is 4. The van der Waals surface area contributed by atoms with E-state index in [-0.39, 0.29) is 35.4 Å². The van der Waals surface area contributed by atoms with Gasteiger partial charge in [0.25, 0.3) is 5.91 Å². The van der Waals surface area contributed by atoms with Crippen molar-refractivity contribution in [3.05, 3.63) is 53.8 Å². The maximum Gasteiger partial charge on any atom is 0.316 e. The molecule has 35 heavy (non-hydrogen) atoms. The Hall–Kier alpha value is -3.78. The number of aliphatic carboxylic acids is 1. The van der Waals surface area contributed by atoms with E-state index in [1.807, 2.05) is 0 Å². The van der Waals surface area contributed by atoms with Crippen LogP contribution in [0.5, 0.6) is 0 Å². The summed E-state index contributed by atoms with van der Waals surface area (Å²) >= 11 is 2.35. The molecule has 2 aromatic rings. The van der Waals surface area contributed by atoms with Gasteiger partial charge in [0.1, 0.15) is 29.1 Å². The molecule has 2 aliphatic rings. The maximum atomic E-state index is 13.1. The molecule has 14 heteroatoms. The van der Waals surface area contributed by atoms with Crippen molar-refractivity contribution in [3.63, 3.8) is 0 Å². The Morgan fingerprint density at radius 3 is 2.97 bits per heavy atom. The summed E-state index contributed by atoms with van der Waals surface area (Å²) in [6.45, 7) is 3.63. The molecule has 0 radical (unpaired) electrons. The van der Waals surface area contributed by atoms with Gasteiger partial charge in [-0.15, -0.1) is 29.7 Å². The van der Waals surface area contributed by atoms with Gasteiger partial charge < -0.3 is 25.5 Å². The second-order valence-corrected chi connectivity index (χ2v) is 9.62. The largest absolute Gasteiger partial charge is 0.481 e. The fraction of sp³-hybridized carbons (Fsp3) is 0.286. The van der Waals surface area contributed by atoms with Gasteiger partial charge in [0.05, 0.1) is 0 Å². The number of amides is 3. The quantitative estimate of drug-likeness (QED) is 0.135. The maximum absolute atomic E-state index is 13.1. The minimum Gasteiger partial charge on any atom is -0.481 e. The summed E-state index contributed by atoms with van der Waals surface area (Å²) in [5.41, 5.74) is -0.534. The highest BCUT2D eigenvalue weighted by Gasteiger charge is 2.56. The molecule has 2 unspecified atom stereocenters. The number of carbonyl (C=O) groups is 4. The van der Waals surface area contributed by atoms with Crippen molar-refractivity contribution in [2.45, 2.75) is 18.0 Å². The molecule has 4 rings (SSSR count). The van der Waals surface area contributed by atoms with Crippen LogP contribution in [0.25, 0.3) is 0 Å². The van der Waals surface area contributed by atoms with Crippen molar-refractivity contribution in [1.82, 2.24) is 20.2 Å². The number of carboxylic acids is 1. The van der Waals surface area contributed by atoms with Crippen molar-refractivity contribution in [1.29, 1.82) is 0 Å². The van der Waals surface area contributed by atoms with Crippen LogP contribution >= 0.6 is 23.1 Å². The molecular weight excluding hydrogens is 496 g/mol. The molecule has 0 aromatic carbocycles. The molecule has 12 nitrogen and oxygen atoms in total. The summed E-state index contributed by atoms with van der Waals surface area (Å²) in [6, 6.07) is 2.65. The minimum atomic E-state index is -1.23. The minimum absolute atomic E-state index is 0.0172. The number of pyridine rings is 1. The summed E-state index contributed by atoms with van der Waals surface area (Å²) in [5, 5.41) is 19.9. The third-order valence-electron chi connectivity index (χ3n) is 5.46. The number of aromatic nitrogens is 2. The second-order valence-electron chi connectivity index (χ2n) is 7.66. The zero-order chi connectivity index (χ0) is 25.0. The standard InChI is InChI=1S/C21H20N6O6S2/c1-2-21(19(31)32)9-27-17(30)15(18(27)35-10-21)25-16(29)14(13-8-34-20(24-13)23-11-28)26-33-7-12-4-3-5-22-6-12/h2-6,8,11,15,18H,1,7,9-10H2,(H,25,29)(H,31,32)(H,23,24,28)/t15?,18-,21?/m1/s1. The number of rotatable bonds is 10. The normalized spacial score (nSPS) is 23.5. The van der Waals surface area contributed by atoms with E-state index in [9.17, 15) is 24.3 Å². The lowest BCUT2D eigenvalue weighted by Crippen LogP contribution is -2.73. The number of β-lactam (4-membered cyclic amide) rings is 1. The Morgan fingerprint density at radius 2 is 2.29 bits per heavy atom. The third-order valence-corrected chi connectivity index (χ3v) is 7.79. The number of oxime groups is 1. The number of hydrogen-bond donors (Lipinski definition) is 3. The SMILES string of the molecule is C=CC1(C(=O)O)CS[C@@H]2C(NC(=O)C(=NOCc3cccnc3)c3csc(NC=O)n3)C(=O)N2C1. The number of thioether (sulfide) groups is 1. The summed E-state index contributed by atoms with van der Waals surface area (Å²) in [4.78, 5) is 63.2. The van der Waals surface area contributed by atoms with E-state index in [1.54, 1.807) is 24.5 Å². The van der Waals surface area contributed by atoms with E-state index in [0.29, 0.717) is 6.41 Å². The van der Waals surface area contributed by atoms with E-state index < -0.39 is 34.6 Å². The molecule has 3 amide bonds. The Morgan fingerprint density at radius 1 is 1.46 bits per heavy atom. The van der Waals surface area contributed by atoms with Crippen LogP contribution in [-0.2, 0) is 30.6 Å². The predicted octanol–water partition coefficient (Wildman–Crippen LogP) is 0.684. The highest BCUT2D eigenvalue weighted by atomic mass is 32.2. The van der Waals surface area contributed by atoms with Gasteiger partial charge in [-0.05, 0) is 6.07 Å². The van der Waals surface area contributed by atoms with Gasteiger partial charge in [-0.25, -0.2) is 4.98 Å². The van der Waals surface area contributed by atoms with E-state index >= 15 is 0 Å². The van der Waals surface area contributed by atoms with Crippen LogP contribution in [0.15, 0.2) is 47.7 Å². The first-order valence-electron chi connectivity index (χ1n) is 10.2. The Labute approximate surface area is 207 Å². The van der Waals surface area contributed by atoms with Crippen LogP contribution in [0.3, 0.4) is 0 Å². The van der Waals surface area contributed by atoms with Gasteiger partial charge in [0.2, 0.25) is 12.3 Å². The third kappa shape index (κ3) is 4.88. The van der Waals surface area contributed by atoms with Crippen LogP contribution in [-0.4, -0.2) is 73.6 Å². The van der Waals surface area contributed by atoms with Gasteiger partial charge in [0.15, 0.2) is 10.8 Å². The summed E-state index contributed by atoms with van der Waals surface area (Å²) in [6.07, 6.45) is 5.00. The van der Waals surface area contributed by atoms with Gasteiger partial charge in [-0.1, -0.05) is 17.3 Å². The van der Waals surface area contributed by atoms with E-state index in [0.717, 1.165) is 16.9 Å². The molecule has 3 N–H and O–H groups in total. The predicted molar refractivity (Wildman–Crippen MR) is 128 cm³/mol. The molecule has 3 atom stereocenters. The van der Waals surface area contributed by atoms with Gasteiger partial charge in [0, 0.05) is 35.6 Å². The lowest BCUT2D eigenvalue weighted by molar-refractivity contribution is -0.156. The molecule has 182 valence electrons. The Bertz CT molecular complexity index is 1190. The molecule has 0 saturated carbocycles. The molecule has 2 saturated heterocycles. The Balaban J connectivity index is 1.49. The lowest BCUT2D eigenvalue weighted by Gasteiger charge is -2.53. The first kappa shape index (κ1) is 24.3. The average molecular weight is 517 g/mol. The molecule has 4 heterocycles. The van der Waals surface area contributed by atoms with Gasteiger partial charge in [-0.2, -0.15) is 0 Å². The number of carbonyl (C=O) groups excluding carboxylic acids is 3. The van der Waals surface area contributed by atoms with Crippen LogP contribution in [0.2, 0.25) is 0 Å². The highest BCUT2D eigenvalue weighted by Crippen LogP contribution is 2.42. The van der Waals surface area contributed by atoms with Crippen molar-refractivity contribution < 1.29 is 29.1 Å². The summed E-state index contributed by atoms with van der Waals surface area (Å²) in [5.74, 6) is -1.94. The molecule has 2 aliphatic heterocycles. The zero-order valence-electron chi connectivity index (χ0n) is 18.1. The molecule has 0 aliphatic carbocycles. The fourth-order valence-corrected chi connectivity index (χ4v) is 5.69. The molecule has 0 spiro atoms. The monoisotopic (exact) mass is 516 g/mol. The summed E-state index contributed by atoms with van der Waals surface area (Å²) in [7, 11) is 0. The topological polar surface area (TPSA) is 163 Å². The van der Waals surface area contributed by atoms with Crippen LogP contribution in [0.1, 0.15) is 11.3 Å². The van der Waals surface area contributed by atoms with Crippen molar-refractivity contribution >= 4 is 58.1 Å². The second kappa shape index (κ2) is 10.2. The van der Waals surface area contributed by atoms with Crippen molar-refractivity contribution in [2.75, 3.05) is 17.6 Å². The number of thiazole rings is 1. The van der Waals surface area contributed by atoms with E-state index in [1.165, 1.54) is 28.1 Å². The van der Waals surface area contributed by atoms with Crippen LogP contribution < -0.4 is 10.6 Å². The molecule has 0 bridgehead atoms. The Kier molecular flexibility index (Phi) is 7.12. The number of carboxylic acid groups (broad SMARTS) is 1. The number of nitrogens with one attached hydrogen (secondary N) is 2. The molecule has 2 aromatic heterocycles. The van der Waals surface area contributed by atoms with Gasteiger partial charge in [-0.3, -0.25) is 24.2 Å². The summed E-state index contributed by atoms with van der Waals surface area (Å²) < 4.78 is 0. The molecule has 2 fully saturated rings. The lowest BCUT2D eigenvalue weighted by atomic mass is 9.87. The van der Waals surface area contributed by atoms with Crippen LogP contribution in [0.4, 0.5) is 5.13 Å². The fourth-order valence-electron chi connectivity index (χ4n) is 3.50. The number of hydrogen-bond acceptors (Lipinski definition) is 10. The zero-order valence-corrected chi connectivity index (χ0v) is 19.8. The first-order chi connectivity index (χ1) is 16.9. The number of anilines is 1. The van der Waals surface area contributed by atoms with E-state index in [2.05, 4.69) is 32.3 Å². The average Bonchev–Trinajstić information content (AvgIpc) is 3.33. The van der Waals surface area contributed by atoms with Crippen LogP contribution in [0, 0.1) is 5.41 Å². The van der Waals surface area contributed by atoms with Crippen molar-refractivity contribution in [3.8, 4) is 0 Å². The number of fused-ring (bicyclic) bond motifs is 1. The van der Waals surface area contributed by atoms with Gasteiger partial charge >= 0.3 is 5.97 Å².